The fourth-order valence-corrected chi connectivity index (χ4v) is 5.45. The maximum atomic E-state index is 14.8. The predicted octanol–water partition coefficient (Wildman–Crippen LogP) is 2.93. The first kappa shape index (κ1) is 24.7. The maximum Gasteiger partial charge on any atom is 0.258 e. The molecule has 1 amide bonds. The molecular formula is C26H29ClFN5O3. The van der Waals surface area contributed by atoms with Gasteiger partial charge in [0.25, 0.3) is 5.56 Å². The van der Waals surface area contributed by atoms with Crippen LogP contribution in [0.3, 0.4) is 0 Å². The molecular weight excluding hydrogens is 485 g/mol. The number of aliphatic hydroxyl groups is 1. The van der Waals surface area contributed by atoms with Crippen molar-refractivity contribution in [1.82, 2.24) is 20.2 Å². The van der Waals surface area contributed by atoms with Crippen molar-refractivity contribution in [3.63, 3.8) is 0 Å². The lowest BCUT2D eigenvalue weighted by atomic mass is 9.90. The number of H-pyrrole nitrogens is 1. The molecule has 36 heavy (non-hydrogen) atoms. The van der Waals surface area contributed by atoms with E-state index in [1.807, 2.05) is 25.1 Å². The Morgan fingerprint density at radius 1 is 1.36 bits per heavy atom. The molecule has 4 N–H and O–H groups in total. The minimum absolute atomic E-state index is 0.0924. The first-order valence-corrected chi connectivity index (χ1v) is 12.6. The number of fused-ring (bicyclic) bond motifs is 2. The average Bonchev–Trinajstić information content (AvgIpc) is 2.83. The van der Waals surface area contributed by atoms with E-state index in [0.29, 0.717) is 42.3 Å². The fourth-order valence-electron chi connectivity index (χ4n) is 5.26. The van der Waals surface area contributed by atoms with E-state index in [9.17, 15) is 19.1 Å². The maximum absolute atomic E-state index is 14.8. The number of nitrogens with zero attached hydrogens (tertiary/aromatic N) is 2. The molecule has 190 valence electrons. The molecule has 1 saturated heterocycles. The number of rotatable bonds is 5. The zero-order valence-corrected chi connectivity index (χ0v) is 20.8. The van der Waals surface area contributed by atoms with Crippen molar-refractivity contribution in [2.45, 2.75) is 44.2 Å². The summed E-state index contributed by atoms with van der Waals surface area (Å²) in [6.07, 6.45) is 2.32. The van der Waals surface area contributed by atoms with Crippen LogP contribution in [-0.4, -0.2) is 57.7 Å². The van der Waals surface area contributed by atoms with Crippen molar-refractivity contribution in [2.24, 2.45) is 0 Å². The van der Waals surface area contributed by atoms with Crippen LogP contribution in [-0.2, 0) is 17.6 Å². The zero-order chi connectivity index (χ0) is 25.4. The van der Waals surface area contributed by atoms with Crippen LogP contribution in [0.15, 0.2) is 35.1 Å². The summed E-state index contributed by atoms with van der Waals surface area (Å²) in [4.78, 5) is 34.5. The van der Waals surface area contributed by atoms with E-state index < -0.39 is 17.0 Å². The van der Waals surface area contributed by atoms with E-state index >= 15 is 0 Å². The lowest BCUT2D eigenvalue weighted by Crippen LogP contribution is -2.47. The Hall–Kier alpha value is -3.01. The van der Waals surface area contributed by atoms with Gasteiger partial charge in [-0.05, 0) is 68.1 Å². The van der Waals surface area contributed by atoms with Gasteiger partial charge in [-0.1, -0.05) is 17.7 Å². The van der Waals surface area contributed by atoms with Crippen molar-refractivity contribution >= 4 is 34.1 Å². The summed E-state index contributed by atoms with van der Waals surface area (Å²) in [7, 11) is 0. The Labute approximate surface area is 212 Å². The minimum atomic E-state index is -0.996. The number of nitrogens with one attached hydrogen (secondary N) is 3. The van der Waals surface area contributed by atoms with Crippen LogP contribution in [0.1, 0.15) is 42.8 Å². The Bertz CT molecular complexity index is 1370. The molecule has 0 bridgehead atoms. The summed E-state index contributed by atoms with van der Waals surface area (Å²) >= 11 is 6.10. The van der Waals surface area contributed by atoms with E-state index in [2.05, 4.69) is 20.6 Å². The molecule has 2 atom stereocenters. The van der Waals surface area contributed by atoms with Gasteiger partial charge in [0.1, 0.15) is 11.6 Å². The second kappa shape index (κ2) is 9.80. The number of piperidine rings is 1. The standard InChI is InChI=1S/C26H29ClFN5O3/c1-15-18-4-3-17(27)9-16(18)5-8-33(15)24(34)13-30-22-11-21-19(10-20(22)28)25(35)32-23(31-21)12-26(36)6-2-7-29-14-26/h3-4,9-11,15,29-30,36H,2,5-8,12-14H2,1H3,(H,31,32,35)/t15-,26?/m0/s1. The molecule has 1 aromatic heterocycles. The molecule has 0 radical (unpaired) electrons. The first-order chi connectivity index (χ1) is 17.2. The number of carbonyl (C=O) groups excluding carboxylic acids is 1. The number of hydrogen-bond acceptors (Lipinski definition) is 6. The number of β-amino-alcohol motifs (C(OH)–C–C–N with tert-alkyl or cyclic N) is 1. The molecule has 2 aliphatic rings. The first-order valence-electron chi connectivity index (χ1n) is 12.2. The molecule has 0 aliphatic carbocycles. The van der Waals surface area contributed by atoms with Crippen LogP contribution in [0.4, 0.5) is 10.1 Å². The lowest BCUT2D eigenvalue weighted by Gasteiger charge is -2.35. The van der Waals surface area contributed by atoms with Crippen LogP contribution >= 0.6 is 11.6 Å². The van der Waals surface area contributed by atoms with E-state index in [-0.39, 0.29) is 36.0 Å². The summed E-state index contributed by atoms with van der Waals surface area (Å²) in [5.41, 5.74) is 1.12. The summed E-state index contributed by atoms with van der Waals surface area (Å²) in [5, 5.41) is 17.6. The molecule has 0 spiro atoms. The third-order valence-corrected chi connectivity index (χ3v) is 7.42. The summed E-state index contributed by atoms with van der Waals surface area (Å²) in [5.74, 6) is -0.459. The van der Waals surface area contributed by atoms with Crippen LogP contribution in [0, 0.1) is 5.82 Å². The zero-order valence-electron chi connectivity index (χ0n) is 20.0. The van der Waals surface area contributed by atoms with Gasteiger partial charge in [-0.15, -0.1) is 0 Å². The second-order valence-corrected chi connectivity index (χ2v) is 10.2. The highest BCUT2D eigenvalue weighted by Gasteiger charge is 2.31. The number of hydrogen-bond donors (Lipinski definition) is 4. The van der Waals surface area contributed by atoms with Crippen LogP contribution in [0.5, 0.6) is 0 Å². The Kier molecular flexibility index (Phi) is 6.72. The van der Waals surface area contributed by atoms with E-state index in [4.69, 9.17) is 11.6 Å². The number of amides is 1. The number of benzene rings is 2. The topological polar surface area (TPSA) is 110 Å². The highest BCUT2D eigenvalue weighted by atomic mass is 35.5. The molecule has 1 unspecified atom stereocenters. The predicted molar refractivity (Wildman–Crippen MR) is 137 cm³/mol. The van der Waals surface area contributed by atoms with Crippen LogP contribution in [0.25, 0.3) is 10.9 Å². The third kappa shape index (κ3) is 4.96. The van der Waals surface area contributed by atoms with E-state index in [0.717, 1.165) is 30.2 Å². The summed E-state index contributed by atoms with van der Waals surface area (Å²) in [6.45, 7) is 3.67. The minimum Gasteiger partial charge on any atom is -0.388 e. The normalized spacial score (nSPS) is 21.9. The summed E-state index contributed by atoms with van der Waals surface area (Å²) in [6, 6.07) is 8.14. The smallest absolute Gasteiger partial charge is 0.258 e. The van der Waals surface area contributed by atoms with E-state index in [1.54, 1.807) is 4.90 Å². The third-order valence-electron chi connectivity index (χ3n) is 7.18. The fraction of sp³-hybridized carbons (Fsp3) is 0.423. The van der Waals surface area contributed by atoms with Gasteiger partial charge in [-0.3, -0.25) is 9.59 Å². The van der Waals surface area contributed by atoms with Crippen molar-refractivity contribution < 1.29 is 14.3 Å². The molecule has 2 aromatic carbocycles. The van der Waals surface area contributed by atoms with Gasteiger partial charge >= 0.3 is 0 Å². The highest BCUT2D eigenvalue weighted by molar-refractivity contribution is 6.30. The molecule has 1 fully saturated rings. The lowest BCUT2D eigenvalue weighted by molar-refractivity contribution is -0.131. The monoisotopic (exact) mass is 513 g/mol. The molecule has 3 heterocycles. The van der Waals surface area contributed by atoms with Crippen molar-refractivity contribution in [2.75, 3.05) is 31.5 Å². The quantitative estimate of drug-likeness (QED) is 0.417. The van der Waals surface area contributed by atoms with Gasteiger partial charge in [0.2, 0.25) is 5.91 Å². The largest absolute Gasteiger partial charge is 0.388 e. The molecule has 8 nitrogen and oxygen atoms in total. The summed E-state index contributed by atoms with van der Waals surface area (Å²) < 4.78 is 14.8. The van der Waals surface area contributed by atoms with Crippen molar-refractivity contribution in [3.8, 4) is 0 Å². The highest BCUT2D eigenvalue weighted by Crippen LogP contribution is 2.31. The van der Waals surface area contributed by atoms with E-state index in [1.165, 1.54) is 6.07 Å². The number of anilines is 1. The van der Waals surface area contributed by atoms with Gasteiger partial charge in [-0.25, -0.2) is 9.37 Å². The number of carbonyl (C=O) groups is 1. The molecule has 5 rings (SSSR count). The number of aromatic amines is 1. The second-order valence-electron chi connectivity index (χ2n) is 9.75. The van der Waals surface area contributed by atoms with Gasteiger partial charge in [0, 0.05) is 24.5 Å². The van der Waals surface area contributed by atoms with Gasteiger partial charge in [0.15, 0.2) is 0 Å². The van der Waals surface area contributed by atoms with Gasteiger partial charge in [0.05, 0.1) is 34.8 Å². The number of aromatic nitrogens is 2. The van der Waals surface area contributed by atoms with Crippen molar-refractivity contribution in [3.05, 3.63) is 68.5 Å². The Morgan fingerprint density at radius 2 is 2.19 bits per heavy atom. The molecule has 0 saturated carbocycles. The SMILES string of the molecule is C[C@H]1c2ccc(Cl)cc2CCN1C(=O)CNc1cc2nc(CC3(O)CCCNC3)[nH]c(=O)c2cc1F. The van der Waals surface area contributed by atoms with Gasteiger partial charge in [-0.2, -0.15) is 0 Å². The van der Waals surface area contributed by atoms with Crippen molar-refractivity contribution in [1.29, 1.82) is 0 Å². The average molecular weight is 514 g/mol. The number of halogens is 2. The van der Waals surface area contributed by atoms with Crippen LogP contribution < -0.4 is 16.2 Å². The van der Waals surface area contributed by atoms with Crippen LogP contribution in [0.2, 0.25) is 5.02 Å². The molecule has 10 heteroatoms. The molecule has 3 aromatic rings. The Balaban J connectivity index is 1.32. The Morgan fingerprint density at radius 3 is 2.97 bits per heavy atom. The molecule has 2 aliphatic heterocycles. The van der Waals surface area contributed by atoms with Gasteiger partial charge < -0.3 is 25.6 Å².